The van der Waals surface area contributed by atoms with E-state index >= 15 is 0 Å². The molecule has 3 aromatic heterocycles. The molecular weight excluding hydrogens is 533 g/mol. The summed E-state index contributed by atoms with van der Waals surface area (Å²) in [5, 5.41) is 6.16. The summed E-state index contributed by atoms with van der Waals surface area (Å²) in [6.45, 7) is 16.3. The second kappa shape index (κ2) is 12.0. The van der Waals surface area contributed by atoms with Crippen LogP contribution in [0.1, 0.15) is 52.1 Å². The van der Waals surface area contributed by atoms with Crippen LogP contribution in [0.5, 0.6) is 0 Å². The van der Waals surface area contributed by atoms with Gasteiger partial charge in [0.15, 0.2) is 8.32 Å². The van der Waals surface area contributed by atoms with Crippen LogP contribution in [-0.2, 0) is 10.8 Å². The molecule has 1 fully saturated rings. The number of nitrogens with zero attached hydrogens (tertiary/aromatic N) is 6. The van der Waals surface area contributed by atoms with Gasteiger partial charge in [-0.25, -0.2) is 9.97 Å². The van der Waals surface area contributed by atoms with Gasteiger partial charge in [0.25, 0.3) is 0 Å². The summed E-state index contributed by atoms with van der Waals surface area (Å²) in [4.78, 5) is 17.5. The Hall–Kier alpha value is -2.75. The molecule has 0 aliphatic carbocycles. The van der Waals surface area contributed by atoms with Crippen LogP contribution < -0.4 is 4.90 Å². The third-order valence-electron chi connectivity index (χ3n) is 8.45. The fourth-order valence-corrected chi connectivity index (χ4v) is 6.72. The smallest absolute Gasteiger partial charge is 0.225 e. The van der Waals surface area contributed by atoms with Crippen LogP contribution in [0.2, 0.25) is 18.1 Å². The molecule has 0 N–H and O–H groups in total. The summed E-state index contributed by atoms with van der Waals surface area (Å²) in [7, 11) is -1.68. The van der Waals surface area contributed by atoms with Gasteiger partial charge in [0, 0.05) is 53.7 Å². The van der Waals surface area contributed by atoms with Crippen LogP contribution in [0.3, 0.4) is 0 Å². The van der Waals surface area contributed by atoms with Gasteiger partial charge in [-0.05, 0) is 61.2 Å². The molecule has 4 heterocycles. The highest BCUT2D eigenvalue weighted by Gasteiger charge is 2.36. The summed E-state index contributed by atoms with van der Waals surface area (Å²) in [6, 6.07) is 11.2. The lowest BCUT2D eigenvalue weighted by molar-refractivity contribution is 0.311. The SMILES string of the molecule is CCc1cnc(N2CCC(n3ncc4cc(-c5ccc(SCCO[Si](C)(C)C(C)(C)C)cc5)ncc43)CC2)nc1. The Morgan fingerprint density at radius 1 is 0.975 bits per heavy atom. The zero-order valence-corrected chi connectivity index (χ0v) is 26.5. The van der Waals surface area contributed by atoms with Gasteiger partial charge >= 0.3 is 0 Å². The summed E-state index contributed by atoms with van der Waals surface area (Å²) in [6.07, 6.45) is 10.8. The molecule has 0 radical (unpaired) electrons. The molecule has 0 atom stereocenters. The number of hydrogen-bond donors (Lipinski definition) is 0. The molecule has 4 aromatic rings. The fraction of sp³-hybridized carbons (Fsp3) is 0.484. The predicted octanol–water partition coefficient (Wildman–Crippen LogP) is 7.41. The molecular formula is C31H42N6OSSi. The van der Waals surface area contributed by atoms with Crippen molar-refractivity contribution in [2.75, 3.05) is 30.3 Å². The molecule has 212 valence electrons. The molecule has 9 heteroatoms. The van der Waals surface area contributed by atoms with Crippen LogP contribution in [0, 0.1) is 0 Å². The van der Waals surface area contributed by atoms with Crippen molar-refractivity contribution in [1.82, 2.24) is 24.7 Å². The van der Waals surface area contributed by atoms with Gasteiger partial charge in [-0.1, -0.05) is 39.8 Å². The van der Waals surface area contributed by atoms with Crippen molar-refractivity contribution in [1.29, 1.82) is 0 Å². The number of pyridine rings is 1. The summed E-state index contributed by atoms with van der Waals surface area (Å²) in [5.41, 5.74) is 4.37. The molecule has 0 bridgehead atoms. The lowest BCUT2D eigenvalue weighted by atomic mass is 10.1. The van der Waals surface area contributed by atoms with Crippen LogP contribution in [0.15, 0.2) is 60.0 Å². The van der Waals surface area contributed by atoms with Crippen molar-refractivity contribution >= 4 is 36.9 Å². The highest BCUT2D eigenvalue weighted by molar-refractivity contribution is 7.99. The maximum atomic E-state index is 6.32. The van der Waals surface area contributed by atoms with E-state index in [2.05, 4.69) is 90.7 Å². The number of anilines is 1. The molecule has 0 spiro atoms. The van der Waals surface area contributed by atoms with E-state index in [4.69, 9.17) is 14.5 Å². The van der Waals surface area contributed by atoms with Crippen molar-refractivity contribution in [2.24, 2.45) is 0 Å². The number of benzene rings is 1. The van der Waals surface area contributed by atoms with E-state index in [1.807, 2.05) is 36.5 Å². The zero-order chi connectivity index (χ0) is 28.3. The average Bonchev–Trinajstić information content (AvgIpc) is 3.39. The van der Waals surface area contributed by atoms with Gasteiger partial charge in [-0.3, -0.25) is 9.67 Å². The Morgan fingerprint density at radius 2 is 1.68 bits per heavy atom. The molecule has 1 aromatic carbocycles. The zero-order valence-electron chi connectivity index (χ0n) is 24.7. The number of piperidine rings is 1. The lowest BCUT2D eigenvalue weighted by Gasteiger charge is -2.36. The minimum absolute atomic E-state index is 0.248. The quantitative estimate of drug-likeness (QED) is 0.117. The van der Waals surface area contributed by atoms with E-state index in [1.54, 1.807) is 0 Å². The maximum absolute atomic E-state index is 6.32. The first-order chi connectivity index (χ1) is 19.1. The summed E-state index contributed by atoms with van der Waals surface area (Å²) >= 11 is 1.85. The normalized spacial score (nSPS) is 15.2. The van der Waals surface area contributed by atoms with E-state index in [1.165, 1.54) is 10.5 Å². The van der Waals surface area contributed by atoms with Crippen molar-refractivity contribution in [2.45, 2.75) is 76.0 Å². The van der Waals surface area contributed by atoms with Crippen LogP contribution in [0.4, 0.5) is 5.95 Å². The van der Waals surface area contributed by atoms with E-state index in [9.17, 15) is 0 Å². The summed E-state index contributed by atoms with van der Waals surface area (Å²) in [5.74, 6) is 1.79. The third-order valence-corrected chi connectivity index (χ3v) is 14.0. The minimum Gasteiger partial charge on any atom is -0.416 e. The van der Waals surface area contributed by atoms with Crippen LogP contribution >= 0.6 is 11.8 Å². The third kappa shape index (κ3) is 6.42. The van der Waals surface area contributed by atoms with Gasteiger partial charge in [0.1, 0.15) is 0 Å². The average molecular weight is 575 g/mol. The van der Waals surface area contributed by atoms with Crippen molar-refractivity contribution in [3.05, 3.63) is 60.7 Å². The Balaban J connectivity index is 1.17. The number of thioether (sulfide) groups is 1. The van der Waals surface area contributed by atoms with Gasteiger partial charge in [-0.15, -0.1) is 11.8 Å². The van der Waals surface area contributed by atoms with Gasteiger partial charge in [0.2, 0.25) is 5.95 Å². The van der Waals surface area contributed by atoms with Gasteiger partial charge in [0.05, 0.1) is 29.6 Å². The largest absolute Gasteiger partial charge is 0.416 e. The molecule has 40 heavy (non-hydrogen) atoms. The monoisotopic (exact) mass is 574 g/mol. The number of aryl methyl sites for hydroxylation is 1. The molecule has 7 nitrogen and oxygen atoms in total. The minimum atomic E-state index is -1.68. The van der Waals surface area contributed by atoms with Crippen molar-refractivity contribution < 1.29 is 4.43 Å². The van der Waals surface area contributed by atoms with Crippen LogP contribution in [-0.4, -0.2) is 58.5 Å². The number of hydrogen-bond acceptors (Lipinski definition) is 7. The molecule has 0 saturated carbocycles. The number of fused-ring (bicyclic) bond motifs is 1. The van der Waals surface area contributed by atoms with Crippen molar-refractivity contribution in [3.63, 3.8) is 0 Å². The Morgan fingerprint density at radius 3 is 2.33 bits per heavy atom. The summed E-state index contributed by atoms with van der Waals surface area (Å²) < 4.78 is 8.48. The first-order valence-electron chi connectivity index (χ1n) is 14.4. The first-order valence-corrected chi connectivity index (χ1v) is 18.3. The lowest BCUT2D eigenvalue weighted by Crippen LogP contribution is -2.41. The maximum Gasteiger partial charge on any atom is 0.225 e. The number of rotatable bonds is 9. The molecule has 0 unspecified atom stereocenters. The fourth-order valence-electron chi connectivity index (χ4n) is 4.79. The highest BCUT2D eigenvalue weighted by Crippen LogP contribution is 2.37. The standard InChI is InChI=1S/C31H42N6OSSi/c1-7-23-19-33-30(34-20-23)36-14-12-26(13-15-36)37-29-22-32-28(18-25(29)21-35-37)24-8-10-27(11-9-24)39-17-16-38-40(5,6)31(2,3)4/h8-11,18-22,26H,7,12-17H2,1-6H3. The van der Waals surface area contributed by atoms with E-state index in [0.29, 0.717) is 6.04 Å². The Labute approximate surface area is 243 Å². The molecule has 0 amide bonds. The first kappa shape index (κ1) is 28.8. The van der Waals surface area contributed by atoms with Gasteiger partial charge in [-0.2, -0.15) is 5.10 Å². The van der Waals surface area contributed by atoms with E-state index in [0.717, 1.165) is 72.8 Å². The Bertz CT molecular complexity index is 1410. The van der Waals surface area contributed by atoms with Crippen molar-refractivity contribution in [3.8, 4) is 11.3 Å². The highest BCUT2D eigenvalue weighted by atomic mass is 32.2. The molecule has 1 aliphatic heterocycles. The topological polar surface area (TPSA) is 69.0 Å². The van der Waals surface area contributed by atoms with Gasteiger partial charge < -0.3 is 9.33 Å². The Kier molecular flexibility index (Phi) is 8.63. The van der Waals surface area contributed by atoms with E-state index in [-0.39, 0.29) is 5.04 Å². The predicted molar refractivity (Wildman–Crippen MR) is 169 cm³/mol. The van der Waals surface area contributed by atoms with E-state index < -0.39 is 8.32 Å². The second-order valence-corrected chi connectivity index (χ2v) is 18.1. The second-order valence-electron chi connectivity index (χ2n) is 12.2. The molecule has 5 rings (SSSR count). The number of aromatic nitrogens is 5. The molecule has 1 aliphatic rings. The van der Waals surface area contributed by atoms with Crippen LogP contribution in [0.25, 0.3) is 22.2 Å². The molecule has 1 saturated heterocycles.